The molecule has 10 heteroatoms. The molecule has 7 nitrogen and oxygen atoms in total. The van der Waals surface area contributed by atoms with Crippen LogP contribution in [0.1, 0.15) is 29.4 Å². The molecule has 0 saturated carbocycles. The van der Waals surface area contributed by atoms with Gasteiger partial charge in [-0.05, 0) is 38.5 Å². The normalized spacial score (nSPS) is 11.2. The molecular weight excluding hydrogens is 495 g/mol. The lowest BCUT2D eigenvalue weighted by atomic mass is 10.2. The molecule has 2 rings (SSSR count). The lowest BCUT2D eigenvalue weighted by Gasteiger charge is -2.13. The van der Waals surface area contributed by atoms with E-state index >= 15 is 0 Å². The van der Waals surface area contributed by atoms with E-state index in [4.69, 9.17) is 4.74 Å². The largest absolute Gasteiger partial charge is 0.493 e. The first-order valence-electron chi connectivity index (χ1n) is 8.98. The van der Waals surface area contributed by atoms with Crippen molar-refractivity contribution < 1.29 is 18.3 Å². The van der Waals surface area contributed by atoms with Gasteiger partial charge < -0.3 is 20.1 Å². The summed E-state index contributed by atoms with van der Waals surface area (Å²) in [4.78, 5) is 4.52. The third-order valence-electron chi connectivity index (χ3n) is 4.30. The van der Waals surface area contributed by atoms with Crippen molar-refractivity contribution in [2.75, 3.05) is 13.7 Å². The van der Waals surface area contributed by atoms with Gasteiger partial charge in [0.05, 0.1) is 19.3 Å². The fraction of sp³-hybridized carbons (Fsp3) is 0.474. The Hall–Kier alpha value is -2.11. The van der Waals surface area contributed by atoms with Crippen LogP contribution in [0.15, 0.2) is 23.2 Å². The van der Waals surface area contributed by atoms with Gasteiger partial charge in [-0.25, -0.2) is 4.99 Å². The first-order valence-corrected chi connectivity index (χ1v) is 8.98. The molecule has 1 heterocycles. The van der Waals surface area contributed by atoms with Crippen LogP contribution >= 0.6 is 24.0 Å². The van der Waals surface area contributed by atoms with Crippen molar-refractivity contribution in [1.82, 2.24) is 20.4 Å². The van der Waals surface area contributed by atoms with E-state index < -0.39 is 6.61 Å². The SMILES string of the molecule is CCNC(=NCc1ccc(OC)c(OC(F)F)c1)NCc1c(C)nn(C)c1C.I. The van der Waals surface area contributed by atoms with E-state index in [2.05, 4.69) is 25.5 Å². The number of hydrogen-bond acceptors (Lipinski definition) is 4. The first kappa shape index (κ1) is 24.9. The molecule has 2 aromatic rings. The van der Waals surface area contributed by atoms with E-state index in [0.29, 0.717) is 25.6 Å². The number of halogens is 3. The van der Waals surface area contributed by atoms with Crippen LogP contribution in [0.25, 0.3) is 0 Å². The van der Waals surface area contributed by atoms with Gasteiger partial charge in [0.2, 0.25) is 0 Å². The van der Waals surface area contributed by atoms with E-state index in [1.165, 1.54) is 13.2 Å². The smallest absolute Gasteiger partial charge is 0.387 e. The second-order valence-corrected chi connectivity index (χ2v) is 6.19. The summed E-state index contributed by atoms with van der Waals surface area (Å²) in [6.45, 7) is 4.61. The van der Waals surface area contributed by atoms with Crippen molar-refractivity contribution >= 4 is 29.9 Å². The summed E-state index contributed by atoms with van der Waals surface area (Å²) in [7, 11) is 3.31. The van der Waals surface area contributed by atoms with Crippen molar-refractivity contribution in [2.45, 2.75) is 40.5 Å². The summed E-state index contributed by atoms with van der Waals surface area (Å²) in [5, 5.41) is 10.9. The molecule has 0 aliphatic carbocycles. The maximum atomic E-state index is 12.6. The lowest BCUT2D eigenvalue weighted by Crippen LogP contribution is -2.37. The third kappa shape index (κ3) is 7.02. The van der Waals surface area contributed by atoms with E-state index in [1.54, 1.807) is 12.1 Å². The quantitative estimate of drug-likeness (QED) is 0.315. The van der Waals surface area contributed by atoms with Gasteiger partial charge in [-0.2, -0.15) is 13.9 Å². The topological polar surface area (TPSA) is 72.7 Å². The molecule has 2 N–H and O–H groups in total. The molecule has 0 amide bonds. The van der Waals surface area contributed by atoms with Crippen molar-refractivity contribution in [3.8, 4) is 11.5 Å². The van der Waals surface area contributed by atoms with Gasteiger partial charge in [0.15, 0.2) is 17.5 Å². The number of guanidine groups is 1. The molecule has 0 bridgehead atoms. The summed E-state index contributed by atoms with van der Waals surface area (Å²) < 4.78 is 36.6. The predicted molar refractivity (Wildman–Crippen MR) is 119 cm³/mol. The van der Waals surface area contributed by atoms with Crippen molar-refractivity contribution in [3.05, 3.63) is 40.7 Å². The molecule has 0 aliphatic rings. The lowest BCUT2D eigenvalue weighted by molar-refractivity contribution is -0.0512. The Kier molecular flexibility index (Phi) is 10.1. The van der Waals surface area contributed by atoms with Crippen LogP contribution in [0.3, 0.4) is 0 Å². The summed E-state index contributed by atoms with van der Waals surface area (Å²) in [5.41, 5.74) is 3.89. The minimum absolute atomic E-state index is 0. The highest BCUT2D eigenvalue weighted by atomic mass is 127. The molecule has 0 saturated heterocycles. The van der Waals surface area contributed by atoms with Crippen LogP contribution in [-0.4, -0.2) is 36.0 Å². The van der Waals surface area contributed by atoms with Gasteiger partial charge in [0, 0.05) is 31.4 Å². The molecule has 0 aliphatic heterocycles. The highest BCUT2D eigenvalue weighted by molar-refractivity contribution is 14.0. The van der Waals surface area contributed by atoms with E-state index in [0.717, 1.165) is 22.5 Å². The van der Waals surface area contributed by atoms with E-state index in [-0.39, 0.29) is 35.5 Å². The Labute approximate surface area is 186 Å². The van der Waals surface area contributed by atoms with Gasteiger partial charge in [0.25, 0.3) is 0 Å². The number of nitrogens with one attached hydrogen (secondary N) is 2. The second-order valence-electron chi connectivity index (χ2n) is 6.19. The summed E-state index contributed by atoms with van der Waals surface area (Å²) in [5.74, 6) is 0.864. The monoisotopic (exact) mass is 523 g/mol. The fourth-order valence-corrected chi connectivity index (χ4v) is 2.77. The van der Waals surface area contributed by atoms with Gasteiger partial charge >= 0.3 is 6.61 Å². The number of hydrogen-bond donors (Lipinski definition) is 2. The van der Waals surface area contributed by atoms with Gasteiger partial charge in [0.1, 0.15) is 0 Å². The Morgan fingerprint density at radius 3 is 2.52 bits per heavy atom. The zero-order valence-electron chi connectivity index (χ0n) is 17.3. The standard InChI is InChI=1S/C19H27F2N5O2.HI/c1-6-22-19(24-11-15-12(2)25-26(4)13(15)3)23-10-14-7-8-16(27-5)17(9-14)28-18(20)21;/h7-9,18H,6,10-11H2,1-5H3,(H2,22,23,24);1H. The zero-order valence-corrected chi connectivity index (χ0v) is 19.6. The van der Waals surface area contributed by atoms with Crippen LogP contribution in [0.4, 0.5) is 8.78 Å². The third-order valence-corrected chi connectivity index (χ3v) is 4.30. The molecular formula is C19H28F2IN5O2. The molecule has 1 aromatic heterocycles. The maximum absolute atomic E-state index is 12.6. The summed E-state index contributed by atoms with van der Waals surface area (Å²) in [6.07, 6.45) is 0. The summed E-state index contributed by atoms with van der Waals surface area (Å²) in [6, 6.07) is 4.86. The molecule has 162 valence electrons. The van der Waals surface area contributed by atoms with Crippen molar-refractivity contribution in [1.29, 1.82) is 0 Å². The predicted octanol–water partition coefficient (Wildman–Crippen LogP) is 3.52. The minimum atomic E-state index is -2.92. The highest BCUT2D eigenvalue weighted by Gasteiger charge is 2.12. The molecule has 0 spiro atoms. The van der Waals surface area contributed by atoms with Crippen molar-refractivity contribution in [3.63, 3.8) is 0 Å². The average Bonchev–Trinajstić information content (AvgIpc) is 2.89. The number of ether oxygens (including phenoxy) is 2. The molecule has 29 heavy (non-hydrogen) atoms. The Morgan fingerprint density at radius 1 is 1.24 bits per heavy atom. The number of aromatic nitrogens is 2. The van der Waals surface area contributed by atoms with Crippen LogP contribution in [0.2, 0.25) is 0 Å². The number of rotatable bonds is 8. The molecule has 1 aromatic carbocycles. The summed E-state index contributed by atoms with van der Waals surface area (Å²) >= 11 is 0. The highest BCUT2D eigenvalue weighted by Crippen LogP contribution is 2.29. The van der Waals surface area contributed by atoms with Crippen LogP contribution < -0.4 is 20.1 Å². The Morgan fingerprint density at radius 2 is 1.97 bits per heavy atom. The van der Waals surface area contributed by atoms with Gasteiger partial charge in [-0.3, -0.25) is 4.68 Å². The van der Waals surface area contributed by atoms with E-state index in [9.17, 15) is 8.78 Å². The molecule has 0 atom stereocenters. The fourth-order valence-electron chi connectivity index (χ4n) is 2.77. The van der Waals surface area contributed by atoms with Gasteiger partial charge in [-0.1, -0.05) is 6.07 Å². The van der Waals surface area contributed by atoms with Crippen LogP contribution in [0.5, 0.6) is 11.5 Å². The minimum Gasteiger partial charge on any atom is -0.493 e. The first-order chi connectivity index (χ1) is 13.3. The van der Waals surface area contributed by atoms with E-state index in [1.807, 2.05) is 32.5 Å². The second kappa shape index (κ2) is 11.8. The van der Waals surface area contributed by atoms with Gasteiger partial charge in [-0.15, -0.1) is 24.0 Å². The maximum Gasteiger partial charge on any atom is 0.387 e. The Bertz CT molecular complexity index is 827. The average molecular weight is 523 g/mol. The van der Waals surface area contributed by atoms with Crippen molar-refractivity contribution in [2.24, 2.45) is 12.0 Å². The number of alkyl halides is 2. The molecule has 0 unspecified atom stereocenters. The number of nitrogens with zero attached hydrogens (tertiary/aromatic N) is 3. The van der Waals surface area contributed by atoms with Crippen LogP contribution in [-0.2, 0) is 20.1 Å². The molecule has 0 radical (unpaired) electrons. The number of benzene rings is 1. The number of methoxy groups -OCH3 is 1. The zero-order chi connectivity index (χ0) is 20.7. The molecule has 0 fully saturated rings. The number of aliphatic imine (C=N–C) groups is 1. The Balaban J connectivity index is 0.00000420. The number of aryl methyl sites for hydroxylation is 2. The van der Waals surface area contributed by atoms with Crippen LogP contribution in [0, 0.1) is 13.8 Å².